The summed E-state index contributed by atoms with van der Waals surface area (Å²) in [5, 5.41) is 8.65. The second-order valence-electron chi connectivity index (χ2n) is 4.24. The monoisotopic (exact) mass is 252 g/mol. The van der Waals surface area contributed by atoms with Crippen molar-refractivity contribution in [3.8, 4) is 0 Å². The number of aliphatic hydroxyl groups excluding tert-OH is 1. The molecule has 0 fully saturated rings. The molecule has 0 bridgehead atoms. The molecule has 0 saturated carbocycles. The lowest BCUT2D eigenvalue weighted by Gasteiger charge is -2.22. The second-order valence-corrected chi connectivity index (χ2v) is 4.24. The van der Waals surface area contributed by atoms with Gasteiger partial charge in [-0.2, -0.15) is 0 Å². The van der Waals surface area contributed by atoms with Gasteiger partial charge in [0.1, 0.15) is 0 Å². The standard InChI is InChI=1S/C14H24N2O2/c15-7-4-8-16(9-11-18-12-10-17)13-14-5-2-1-3-6-14/h1-3,5-6,17H,4,7-13,15H2. The Morgan fingerprint density at radius 1 is 1.11 bits per heavy atom. The molecule has 0 aliphatic carbocycles. The molecule has 1 aromatic rings. The fourth-order valence-electron chi connectivity index (χ4n) is 1.79. The number of nitrogens with zero attached hydrogens (tertiary/aromatic N) is 1. The number of nitrogens with two attached hydrogens (primary N) is 1. The predicted octanol–water partition coefficient (Wildman–Crippen LogP) is 0.846. The maximum absolute atomic E-state index is 8.65. The van der Waals surface area contributed by atoms with E-state index in [1.165, 1.54) is 5.56 Å². The molecular weight excluding hydrogens is 228 g/mol. The number of ether oxygens (including phenoxy) is 1. The minimum atomic E-state index is 0.0848. The number of hydrogen-bond acceptors (Lipinski definition) is 4. The smallest absolute Gasteiger partial charge is 0.0698 e. The van der Waals surface area contributed by atoms with E-state index in [1.807, 2.05) is 6.07 Å². The Morgan fingerprint density at radius 2 is 1.89 bits per heavy atom. The summed E-state index contributed by atoms with van der Waals surface area (Å²) in [5.41, 5.74) is 6.86. The molecule has 0 spiro atoms. The number of hydrogen-bond donors (Lipinski definition) is 2. The van der Waals surface area contributed by atoms with Crippen molar-refractivity contribution in [2.24, 2.45) is 5.73 Å². The third-order valence-corrected chi connectivity index (χ3v) is 2.71. The minimum absolute atomic E-state index is 0.0848. The summed E-state index contributed by atoms with van der Waals surface area (Å²) < 4.78 is 5.31. The van der Waals surface area contributed by atoms with Gasteiger partial charge in [0.25, 0.3) is 0 Å². The molecule has 102 valence electrons. The van der Waals surface area contributed by atoms with Crippen LogP contribution in [0.1, 0.15) is 12.0 Å². The van der Waals surface area contributed by atoms with Crippen molar-refractivity contribution in [3.05, 3.63) is 35.9 Å². The summed E-state index contributed by atoms with van der Waals surface area (Å²) in [7, 11) is 0. The van der Waals surface area contributed by atoms with E-state index in [0.29, 0.717) is 19.8 Å². The Morgan fingerprint density at radius 3 is 2.56 bits per heavy atom. The molecule has 0 saturated heterocycles. The van der Waals surface area contributed by atoms with E-state index in [-0.39, 0.29) is 6.61 Å². The van der Waals surface area contributed by atoms with Crippen LogP contribution < -0.4 is 5.73 Å². The van der Waals surface area contributed by atoms with Gasteiger partial charge in [0, 0.05) is 13.1 Å². The van der Waals surface area contributed by atoms with Crippen molar-refractivity contribution in [1.29, 1.82) is 0 Å². The van der Waals surface area contributed by atoms with E-state index in [2.05, 4.69) is 29.2 Å². The van der Waals surface area contributed by atoms with Crippen LogP contribution in [0.25, 0.3) is 0 Å². The lowest BCUT2D eigenvalue weighted by Crippen LogP contribution is -2.29. The van der Waals surface area contributed by atoms with Gasteiger partial charge in [-0.3, -0.25) is 4.90 Å². The molecule has 0 atom stereocenters. The number of benzene rings is 1. The van der Waals surface area contributed by atoms with Crippen LogP contribution in [0.15, 0.2) is 30.3 Å². The van der Waals surface area contributed by atoms with Crippen molar-refractivity contribution in [1.82, 2.24) is 4.90 Å². The molecule has 0 aliphatic heterocycles. The first-order chi connectivity index (χ1) is 8.86. The normalized spacial score (nSPS) is 11.1. The summed E-state index contributed by atoms with van der Waals surface area (Å²) in [4.78, 5) is 2.33. The highest BCUT2D eigenvalue weighted by Gasteiger charge is 2.05. The van der Waals surface area contributed by atoms with Gasteiger partial charge in [-0.05, 0) is 25.1 Å². The quantitative estimate of drug-likeness (QED) is 0.606. The maximum atomic E-state index is 8.65. The Bertz CT molecular complexity index is 293. The molecule has 18 heavy (non-hydrogen) atoms. The van der Waals surface area contributed by atoms with Gasteiger partial charge >= 0.3 is 0 Å². The predicted molar refractivity (Wildman–Crippen MR) is 73.3 cm³/mol. The third-order valence-electron chi connectivity index (χ3n) is 2.71. The van der Waals surface area contributed by atoms with Crippen LogP contribution in [0.3, 0.4) is 0 Å². The molecular formula is C14H24N2O2. The largest absolute Gasteiger partial charge is 0.394 e. The topological polar surface area (TPSA) is 58.7 Å². The van der Waals surface area contributed by atoms with E-state index >= 15 is 0 Å². The van der Waals surface area contributed by atoms with E-state index < -0.39 is 0 Å². The average Bonchev–Trinajstić information content (AvgIpc) is 2.41. The highest BCUT2D eigenvalue weighted by molar-refractivity contribution is 5.14. The van der Waals surface area contributed by atoms with Crippen LogP contribution in [0, 0.1) is 0 Å². The van der Waals surface area contributed by atoms with Gasteiger partial charge in [0.05, 0.1) is 19.8 Å². The Labute approximate surface area is 109 Å². The molecule has 4 heteroatoms. The van der Waals surface area contributed by atoms with Crippen molar-refractivity contribution in [3.63, 3.8) is 0 Å². The summed E-state index contributed by atoms with van der Waals surface area (Å²) in [6, 6.07) is 10.4. The van der Waals surface area contributed by atoms with Gasteiger partial charge in [-0.1, -0.05) is 30.3 Å². The van der Waals surface area contributed by atoms with Crippen LogP contribution in [0.2, 0.25) is 0 Å². The number of rotatable bonds is 10. The molecule has 0 unspecified atom stereocenters. The molecule has 1 rings (SSSR count). The third kappa shape index (κ3) is 6.71. The first-order valence-corrected chi connectivity index (χ1v) is 6.51. The molecule has 0 aromatic heterocycles. The lowest BCUT2D eigenvalue weighted by molar-refractivity contribution is 0.0719. The molecule has 0 heterocycles. The highest BCUT2D eigenvalue weighted by atomic mass is 16.5. The van der Waals surface area contributed by atoms with Crippen LogP contribution in [-0.4, -0.2) is 49.5 Å². The van der Waals surface area contributed by atoms with Crippen molar-refractivity contribution in [2.45, 2.75) is 13.0 Å². The lowest BCUT2D eigenvalue weighted by atomic mass is 10.2. The van der Waals surface area contributed by atoms with Crippen LogP contribution in [0.4, 0.5) is 0 Å². The minimum Gasteiger partial charge on any atom is -0.394 e. The molecule has 1 aromatic carbocycles. The van der Waals surface area contributed by atoms with Gasteiger partial charge in [0.15, 0.2) is 0 Å². The summed E-state index contributed by atoms with van der Waals surface area (Å²) in [6.45, 7) is 4.63. The Hall–Kier alpha value is -0.940. The van der Waals surface area contributed by atoms with Crippen molar-refractivity contribution >= 4 is 0 Å². The first kappa shape index (κ1) is 15.1. The van der Waals surface area contributed by atoms with E-state index in [4.69, 9.17) is 15.6 Å². The zero-order chi connectivity index (χ0) is 13.1. The van der Waals surface area contributed by atoms with Gasteiger partial charge in [-0.15, -0.1) is 0 Å². The summed E-state index contributed by atoms with van der Waals surface area (Å²) in [5.74, 6) is 0. The fourth-order valence-corrected chi connectivity index (χ4v) is 1.79. The molecule has 4 nitrogen and oxygen atoms in total. The zero-order valence-corrected chi connectivity index (χ0v) is 10.9. The van der Waals surface area contributed by atoms with Gasteiger partial charge < -0.3 is 15.6 Å². The van der Waals surface area contributed by atoms with Crippen LogP contribution >= 0.6 is 0 Å². The Balaban J connectivity index is 2.35. The SMILES string of the molecule is NCCCN(CCOCCO)Cc1ccccc1. The van der Waals surface area contributed by atoms with Gasteiger partial charge in [0.2, 0.25) is 0 Å². The maximum Gasteiger partial charge on any atom is 0.0698 e. The first-order valence-electron chi connectivity index (χ1n) is 6.51. The average molecular weight is 252 g/mol. The van der Waals surface area contributed by atoms with E-state index in [1.54, 1.807) is 0 Å². The van der Waals surface area contributed by atoms with Crippen LogP contribution in [-0.2, 0) is 11.3 Å². The summed E-state index contributed by atoms with van der Waals surface area (Å²) >= 11 is 0. The molecule has 0 aliphatic rings. The van der Waals surface area contributed by atoms with Gasteiger partial charge in [-0.25, -0.2) is 0 Å². The molecule has 3 N–H and O–H groups in total. The van der Waals surface area contributed by atoms with Crippen LogP contribution in [0.5, 0.6) is 0 Å². The Kier molecular flexibility index (Phi) is 8.42. The molecule has 0 radical (unpaired) electrons. The molecule has 0 amide bonds. The van der Waals surface area contributed by atoms with E-state index in [9.17, 15) is 0 Å². The summed E-state index contributed by atoms with van der Waals surface area (Å²) in [6.07, 6.45) is 0.993. The highest BCUT2D eigenvalue weighted by Crippen LogP contribution is 2.04. The van der Waals surface area contributed by atoms with Crippen molar-refractivity contribution < 1.29 is 9.84 Å². The zero-order valence-electron chi connectivity index (χ0n) is 10.9. The number of aliphatic hydroxyl groups is 1. The second kappa shape index (κ2) is 10.0. The van der Waals surface area contributed by atoms with Crippen molar-refractivity contribution in [2.75, 3.05) is 39.5 Å². The van der Waals surface area contributed by atoms with E-state index in [0.717, 1.165) is 26.1 Å². The fraction of sp³-hybridized carbons (Fsp3) is 0.571.